The lowest BCUT2D eigenvalue weighted by Gasteiger charge is -2.22. The predicted octanol–water partition coefficient (Wildman–Crippen LogP) is 1.82. The van der Waals surface area contributed by atoms with Crippen molar-refractivity contribution >= 4 is 0 Å². The van der Waals surface area contributed by atoms with Crippen molar-refractivity contribution in [2.24, 2.45) is 5.92 Å². The van der Waals surface area contributed by atoms with Crippen LogP contribution in [0.1, 0.15) is 33.6 Å². The molecule has 0 saturated heterocycles. The zero-order valence-electron chi connectivity index (χ0n) is 10.3. The lowest BCUT2D eigenvalue weighted by atomic mass is 10.1. The summed E-state index contributed by atoms with van der Waals surface area (Å²) in [6.45, 7) is 9.60. The minimum atomic E-state index is 0.325. The Morgan fingerprint density at radius 1 is 1.27 bits per heavy atom. The maximum Gasteiger partial charge on any atom is 0.0723 e. The molecular weight excluding hydrogens is 190 g/mol. The van der Waals surface area contributed by atoms with Gasteiger partial charge >= 0.3 is 0 Å². The number of nitrogens with one attached hydrogen (secondary N) is 1. The first kappa shape index (κ1) is 12.9. The van der Waals surface area contributed by atoms with Gasteiger partial charge in [0.15, 0.2) is 0 Å². The summed E-state index contributed by atoms with van der Waals surface area (Å²) in [5.74, 6) is 0.567. The van der Waals surface area contributed by atoms with E-state index in [1.807, 2.05) is 6.92 Å². The predicted molar refractivity (Wildman–Crippen MR) is 62.1 cm³/mol. The Morgan fingerprint density at radius 2 is 2.00 bits per heavy atom. The minimum Gasteiger partial charge on any atom is -0.379 e. The normalized spacial score (nSPS) is 18.4. The molecule has 1 unspecified atom stereocenters. The lowest BCUT2D eigenvalue weighted by molar-refractivity contribution is -0.0121. The maximum atomic E-state index is 5.80. The van der Waals surface area contributed by atoms with Gasteiger partial charge in [-0.3, -0.25) is 0 Å². The number of hydrogen-bond acceptors (Lipinski definition) is 3. The Balaban J connectivity index is 2.05. The maximum absolute atomic E-state index is 5.80. The van der Waals surface area contributed by atoms with E-state index in [1.165, 1.54) is 12.8 Å². The SMILES string of the molecule is CCOCCOC(CNC1CC1)C(C)C. The van der Waals surface area contributed by atoms with Gasteiger partial charge in [-0.1, -0.05) is 13.8 Å². The van der Waals surface area contributed by atoms with Crippen LogP contribution >= 0.6 is 0 Å². The Morgan fingerprint density at radius 3 is 2.53 bits per heavy atom. The van der Waals surface area contributed by atoms with E-state index >= 15 is 0 Å². The van der Waals surface area contributed by atoms with E-state index in [-0.39, 0.29) is 0 Å². The summed E-state index contributed by atoms with van der Waals surface area (Å²) in [6, 6.07) is 0.766. The molecule has 0 bridgehead atoms. The van der Waals surface area contributed by atoms with Crippen molar-refractivity contribution in [3.8, 4) is 0 Å². The van der Waals surface area contributed by atoms with E-state index in [0.717, 1.165) is 19.2 Å². The fourth-order valence-corrected chi connectivity index (χ4v) is 1.46. The number of ether oxygens (including phenoxy) is 2. The van der Waals surface area contributed by atoms with Crippen molar-refractivity contribution in [3.05, 3.63) is 0 Å². The topological polar surface area (TPSA) is 30.5 Å². The Hall–Kier alpha value is -0.120. The first-order valence-corrected chi connectivity index (χ1v) is 6.16. The van der Waals surface area contributed by atoms with Gasteiger partial charge in [0, 0.05) is 19.2 Å². The zero-order chi connectivity index (χ0) is 11.1. The highest BCUT2D eigenvalue weighted by Gasteiger charge is 2.23. The van der Waals surface area contributed by atoms with Crippen molar-refractivity contribution in [1.82, 2.24) is 5.32 Å². The van der Waals surface area contributed by atoms with Gasteiger partial charge in [-0.05, 0) is 25.7 Å². The van der Waals surface area contributed by atoms with E-state index in [2.05, 4.69) is 19.2 Å². The first-order valence-electron chi connectivity index (χ1n) is 6.16. The second-order valence-electron chi connectivity index (χ2n) is 4.53. The second kappa shape index (κ2) is 7.20. The lowest BCUT2D eigenvalue weighted by Crippen LogP contribution is -2.35. The third-order valence-corrected chi connectivity index (χ3v) is 2.69. The van der Waals surface area contributed by atoms with Crippen LogP contribution in [-0.2, 0) is 9.47 Å². The third-order valence-electron chi connectivity index (χ3n) is 2.69. The van der Waals surface area contributed by atoms with E-state index in [4.69, 9.17) is 9.47 Å². The number of hydrogen-bond donors (Lipinski definition) is 1. The molecule has 3 nitrogen and oxygen atoms in total. The molecule has 1 fully saturated rings. The summed E-state index contributed by atoms with van der Waals surface area (Å²) in [7, 11) is 0. The standard InChI is InChI=1S/C12H25NO2/c1-4-14-7-8-15-12(10(2)3)9-13-11-5-6-11/h10-13H,4-9H2,1-3H3. The Bertz CT molecular complexity index is 158. The van der Waals surface area contributed by atoms with E-state index in [1.54, 1.807) is 0 Å². The quantitative estimate of drug-likeness (QED) is 0.595. The van der Waals surface area contributed by atoms with Crippen LogP contribution in [0.4, 0.5) is 0 Å². The van der Waals surface area contributed by atoms with E-state index in [9.17, 15) is 0 Å². The van der Waals surface area contributed by atoms with Crippen LogP contribution in [0.2, 0.25) is 0 Å². The largest absolute Gasteiger partial charge is 0.379 e. The summed E-state index contributed by atoms with van der Waals surface area (Å²) < 4.78 is 11.1. The van der Waals surface area contributed by atoms with Crippen LogP contribution in [0.25, 0.3) is 0 Å². The van der Waals surface area contributed by atoms with Gasteiger partial charge < -0.3 is 14.8 Å². The van der Waals surface area contributed by atoms with Gasteiger partial charge in [0.05, 0.1) is 19.3 Å². The van der Waals surface area contributed by atoms with E-state index in [0.29, 0.717) is 25.2 Å². The summed E-state index contributed by atoms with van der Waals surface area (Å²) in [6.07, 6.45) is 3.00. The number of rotatable bonds is 9. The molecule has 15 heavy (non-hydrogen) atoms. The van der Waals surface area contributed by atoms with Crippen LogP contribution in [0, 0.1) is 5.92 Å². The smallest absolute Gasteiger partial charge is 0.0723 e. The van der Waals surface area contributed by atoms with Gasteiger partial charge in [-0.2, -0.15) is 0 Å². The van der Waals surface area contributed by atoms with Gasteiger partial charge in [0.1, 0.15) is 0 Å². The summed E-state index contributed by atoms with van der Waals surface area (Å²) in [4.78, 5) is 0. The Labute approximate surface area is 93.5 Å². The van der Waals surface area contributed by atoms with Gasteiger partial charge in [0.25, 0.3) is 0 Å². The molecule has 0 aliphatic heterocycles. The van der Waals surface area contributed by atoms with Crippen LogP contribution in [0.5, 0.6) is 0 Å². The molecule has 0 amide bonds. The zero-order valence-corrected chi connectivity index (χ0v) is 10.3. The molecule has 0 aromatic carbocycles. The Kier molecular flexibility index (Phi) is 6.22. The molecule has 1 aliphatic carbocycles. The molecule has 1 saturated carbocycles. The fraction of sp³-hybridized carbons (Fsp3) is 1.00. The molecule has 0 aromatic rings. The monoisotopic (exact) mass is 215 g/mol. The molecule has 1 N–H and O–H groups in total. The highest BCUT2D eigenvalue weighted by molar-refractivity contribution is 4.82. The second-order valence-corrected chi connectivity index (χ2v) is 4.53. The van der Waals surface area contributed by atoms with Crippen molar-refractivity contribution < 1.29 is 9.47 Å². The highest BCUT2D eigenvalue weighted by Crippen LogP contribution is 2.19. The molecule has 0 radical (unpaired) electrons. The molecule has 90 valence electrons. The fourth-order valence-electron chi connectivity index (χ4n) is 1.46. The van der Waals surface area contributed by atoms with Gasteiger partial charge in [0.2, 0.25) is 0 Å². The third kappa shape index (κ3) is 6.13. The van der Waals surface area contributed by atoms with Crippen LogP contribution < -0.4 is 5.32 Å². The van der Waals surface area contributed by atoms with E-state index < -0.39 is 0 Å². The minimum absolute atomic E-state index is 0.325. The summed E-state index contributed by atoms with van der Waals surface area (Å²) in [5.41, 5.74) is 0. The molecule has 0 spiro atoms. The molecule has 0 heterocycles. The molecule has 1 aliphatic rings. The van der Waals surface area contributed by atoms with Crippen LogP contribution in [-0.4, -0.2) is 38.5 Å². The van der Waals surface area contributed by atoms with Crippen LogP contribution in [0.3, 0.4) is 0 Å². The van der Waals surface area contributed by atoms with Crippen LogP contribution in [0.15, 0.2) is 0 Å². The molecular formula is C12H25NO2. The van der Waals surface area contributed by atoms with Gasteiger partial charge in [-0.25, -0.2) is 0 Å². The molecule has 3 heteroatoms. The van der Waals surface area contributed by atoms with Crippen molar-refractivity contribution in [2.75, 3.05) is 26.4 Å². The first-order chi connectivity index (χ1) is 7.24. The van der Waals surface area contributed by atoms with Crippen molar-refractivity contribution in [2.45, 2.75) is 45.8 Å². The summed E-state index contributed by atoms with van der Waals surface area (Å²) in [5, 5.41) is 3.51. The highest BCUT2D eigenvalue weighted by atomic mass is 16.5. The molecule has 1 rings (SSSR count). The molecule has 0 aromatic heterocycles. The van der Waals surface area contributed by atoms with Crippen molar-refractivity contribution in [3.63, 3.8) is 0 Å². The average molecular weight is 215 g/mol. The average Bonchev–Trinajstić information content (AvgIpc) is 3.00. The summed E-state index contributed by atoms with van der Waals surface area (Å²) >= 11 is 0. The van der Waals surface area contributed by atoms with Gasteiger partial charge in [-0.15, -0.1) is 0 Å². The van der Waals surface area contributed by atoms with Crippen molar-refractivity contribution in [1.29, 1.82) is 0 Å². The molecule has 1 atom stereocenters.